The van der Waals surface area contributed by atoms with Crippen molar-refractivity contribution in [3.63, 3.8) is 0 Å². The Morgan fingerprint density at radius 2 is 1.83 bits per heavy atom. The smallest absolute Gasteiger partial charge is 0.394 e. The zero-order valence-electron chi connectivity index (χ0n) is 9.75. The maximum Gasteiger partial charge on any atom is 0.394 e. The predicted octanol–water partition coefficient (Wildman–Crippen LogP) is 2.28. The van der Waals surface area contributed by atoms with Crippen LogP contribution in [-0.4, -0.2) is 30.1 Å². The summed E-state index contributed by atoms with van der Waals surface area (Å²) in [6.07, 6.45) is 0. The van der Waals surface area contributed by atoms with Gasteiger partial charge in [-0.3, -0.25) is 9.11 Å². The molecular weight excluding hydrogens is 328 g/mol. The van der Waals surface area contributed by atoms with Crippen molar-refractivity contribution >= 4 is 32.3 Å². The molecule has 1 aromatic carbocycles. The number of aryl methyl sites for hydroxylation is 1. The molecule has 0 aliphatic heterocycles. The van der Waals surface area contributed by atoms with Crippen LogP contribution in [0.4, 0.5) is 0 Å². The molecule has 0 aromatic heterocycles. The van der Waals surface area contributed by atoms with Gasteiger partial charge in [0.15, 0.2) is 0 Å². The quantitative estimate of drug-likeness (QED) is 0.632. The van der Waals surface area contributed by atoms with E-state index in [1.54, 1.807) is 13.0 Å². The summed E-state index contributed by atoms with van der Waals surface area (Å²) < 4.78 is 37.4. The number of hydrogen-bond donors (Lipinski definition) is 2. The highest BCUT2D eigenvalue weighted by atomic mass is 79.9. The molecule has 0 fully saturated rings. The number of ether oxygens (including phenoxy) is 1. The number of carbonyl (C=O) groups is 1. The van der Waals surface area contributed by atoms with Crippen molar-refractivity contribution in [2.45, 2.75) is 13.8 Å². The van der Waals surface area contributed by atoms with E-state index in [2.05, 4.69) is 15.9 Å². The fourth-order valence-corrected chi connectivity index (χ4v) is 1.68. The lowest BCUT2D eigenvalue weighted by atomic mass is 10.1. The van der Waals surface area contributed by atoms with Crippen LogP contribution in [0.3, 0.4) is 0 Å². The molecule has 0 spiro atoms. The predicted molar refractivity (Wildman–Crippen MR) is 69.0 cm³/mol. The molecule has 2 N–H and O–H groups in total. The van der Waals surface area contributed by atoms with E-state index < -0.39 is 10.4 Å². The highest BCUT2D eigenvalue weighted by Crippen LogP contribution is 2.15. The zero-order chi connectivity index (χ0) is 14.3. The van der Waals surface area contributed by atoms with Crippen LogP contribution in [0.5, 0.6) is 0 Å². The molecule has 6 nitrogen and oxygen atoms in total. The molecule has 0 atom stereocenters. The van der Waals surface area contributed by atoms with E-state index in [0.717, 1.165) is 10.0 Å². The summed E-state index contributed by atoms with van der Waals surface area (Å²) in [5.41, 5.74) is 1.63. The van der Waals surface area contributed by atoms with E-state index in [9.17, 15) is 4.79 Å². The summed E-state index contributed by atoms with van der Waals surface area (Å²) in [4.78, 5) is 11.3. The molecule has 0 saturated carbocycles. The summed E-state index contributed by atoms with van der Waals surface area (Å²) in [7, 11) is -4.67. The van der Waals surface area contributed by atoms with Crippen LogP contribution in [0.15, 0.2) is 22.7 Å². The van der Waals surface area contributed by atoms with Crippen LogP contribution >= 0.6 is 15.9 Å². The number of halogens is 1. The van der Waals surface area contributed by atoms with E-state index >= 15 is 0 Å². The van der Waals surface area contributed by atoms with Gasteiger partial charge in [0.2, 0.25) is 0 Å². The summed E-state index contributed by atoms with van der Waals surface area (Å²) in [5, 5.41) is 0. The van der Waals surface area contributed by atoms with Crippen molar-refractivity contribution in [2.24, 2.45) is 0 Å². The summed E-state index contributed by atoms with van der Waals surface area (Å²) >= 11 is 3.32. The highest BCUT2D eigenvalue weighted by molar-refractivity contribution is 9.10. The molecule has 0 aliphatic carbocycles. The molecule has 102 valence electrons. The lowest BCUT2D eigenvalue weighted by molar-refractivity contribution is 0.0526. The third-order valence-electron chi connectivity index (χ3n) is 1.55. The molecule has 0 aliphatic rings. The Labute approximate surface area is 114 Å². The average molecular weight is 341 g/mol. The number of carbonyl (C=O) groups excluding carboxylic acids is 1. The van der Waals surface area contributed by atoms with Gasteiger partial charge in [-0.2, -0.15) is 8.42 Å². The highest BCUT2D eigenvalue weighted by Gasteiger charge is 2.06. The third kappa shape index (κ3) is 9.11. The Morgan fingerprint density at radius 1 is 1.33 bits per heavy atom. The maximum absolute atomic E-state index is 11.3. The van der Waals surface area contributed by atoms with Gasteiger partial charge in [0.25, 0.3) is 0 Å². The van der Waals surface area contributed by atoms with E-state index in [1.165, 1.54) is 0 Å². The minimum absolute atomic E-state index is 0.271. The maximum atomic E-state index is 11.3. The minimum Gasteiger partial charge on any atom is -0.462 e. The van der Waals surface area contributed by atoms with Crippen LogP contribution in [-0.2, 0) is 15.1 Å². The van der Waals surface area contributed by atoms with Crippen molar-refractivity contribution < 1.29 is 27.1 Å². The molecule has 0 bridgehead atoms. The van der Waals surface area contributed by atoms with Crippen molar-refractivity contribution in [3.05, 3.63) is 33.8 Å². The SMILES string of the molecule is CCOC(=O)c1cc(C)cc(Br)c1.O=S(=O)(O)O. The largest absolute Gasteiger partial charge is 0.462 e. The van der Waals surface area contributed by atoms with Gasteiger partial charge in [0.05, 0.1) is 12.2 Å². The second-order valence-corrected chi connectivity index (χ2v) is 5.00. The number of rotatable bonds is 2. The Bertz CT molecular complexity index is 483. The average Bonchev–Trinajstić information content (AvgIpc) is 2.13. The van der Waals surface area contributed by atoms with Crippen molar-refractivity contribution in [1.82, 2.24) is 0 Å². The Kier molecular flexibility index (Phi) is 7.07. The molecule has 0 unspecified atom stereocenters. The first-order valence-corrected chi connectivity index (χ1v) is 6.96. The molecule has 0 heterocycles. The van der Waals surface area contributed by atoms with Gasteiger partial charge in [-0.05, 0) is 37.6 Å². The lowest BCUT2D eigenvalue weighted by Gasteiger charge is -2.03. The number of benzene rings is 1. The Morgan fingerprint density at radius 3 is 2.22 bits per heavy atom. The fourth-order valence-electron chi connectivity index (χ4n) is 1.07. The van der Waals surface area contributed by atoms with Crippen molar-refractivity contribution in [1.29, 1.82) is 0 Å². The second kappa shape index (κ2) is 7.47. The first kappa shape index (κ1) is 17.0. The summed E-state index contributed by atoms with van der Waals surface area (Å²) in [5.74, 6) is -0.271. The second-order valence-electron chi connectivity index (χ2n) is 3.19. The van der Waals surface area contributed by atoms with Crippen molar-refractivity contribution in [3.8, 4) is 0 Å². The fraction of sp³-hybridized carbons (Fsp3) is 0.300. The first-order chi connectivity index (χ1) is 8.13. The monoisotopic (exact) mass is 340 g/mol. The van der Waals surface area contributed by atoms with Crippen LogP contribution in [0.2, 0.25) is 0 Å². The summed E-state index contributed by atoms with van der Waals surface area (Å²) in [6.45, 7) is 4.14. The van der Waals surface area contributed by atoms with E-state index in [0.29, 0.717) is 12.2 Å². The molecule has 8 heteroatoms. The minimum atomic E-state index is -4.67. The van der Waals surface area contributed by atoms with E-state index in [4.69, 9.17) is 22.3 Å². The number of esters is 1. The Hall–Kier alpha value is -0.960. The third-order valence-corrected chi connectivity index (χ3v) is 2.01. The zero-order valence-corrected chi connectivity index (χ0v) is 12.2. The molecule has 0 radical (unpaired) electrons. The molecule has 1 rings (SSSR count). The molecule has 1 aromatic rings. The van der Waals surface area contributed by atoms with Crippen molar-refractivity contribution in [2.75, 3.05) is 6.61 Å². The standard InChI is InChI=1S/C10H11BrO2.H2O4S/c1-3-13-10(12)8-4-7(2)5-9(11)6-8;1-5(2,3)4/h4-6H,3H2,1-2H3;(H2,1,2,3,4). The Balaban J connectivity index is 0.000000494. The molecule has 0 saturated heterocycles. The topological polar surface area (TPSA) is 101 Å². The van der Waals surface area contributed by atoms with E-state index in [-0.39, 0.29) is 5.97 Å². The van der Waals surface area contributed by atoms with Gasteiger partial charge in [-0.25, -0.2) is 4.79 Å². The molecular formula is C10H13BrO6S. The van der Waals surface area contributed by atoms with Gasteiger partial charge < -0.3 is 4.74 Å². The first-order valence-electron chi connectivity index (χ1n) is 4.77. The van der Waals surface area contributed by atoms with Crippen LogP contribution < -0.4 is 0 Å². The van der Waals surface area contributed by atoms with E-state index in [1.807, 2.05) is 19.1 Å². The van der Waals surface area contributed by atoms with Gasteiger partial charge in [-0.15, -0.1) is 0 Å². The van der Waals surface area contributed by atoms with Crippen LogP contribution in [0, 0.1) is 6.92 Å². The van der Waals surface area contributed by atoms with Gasteiger partial charge in [0, 0.05) is 4.47 Å². The van der Waals surface area contributed by atoms with Gasteiger partial charge >= 0.3 is 16.4 Å². The normalized spacial score (nSPS) is 10.3. The summed E-state index contributed by atoms with van der Waals surface area (Å²) in [6, 6.07) is 5.51. The van der Waals surface area contributed by atoms with Gasteiger partial charge in [-0.1, -0.05) is 15.9 Å². The van der Waals surface area contributed by atoms with Gasteiger partial charge in [0.1, 0.15) is 0 Å². The molecule has 0 amide bonds. The van der Waals surface area contributed by atoms with Crippen LogP contribution in [0.1, 0.15) is 22.8 Å². The number of hydrogen-bond acceptors (Lipinski definition) is 4. The van der Waals surface area contributed by atoms with Crippen LogP contribution in [0.25, 0.3) is 0 Å². The lowest BCUT2D eigenvalue weighted by Crippen LogP contribution is -2.04. The molecule has 18 heavy (non-hydrogen) atoms.